The first kappa shape index (κ1) is 43.0. The number of nitrogens with one attached hydrogen (secondary N) is 1. The first-order valence-corrected chi connectivity index (χ1v) is 20.0. The highest BCUT2D eigenvalue weighted by Crippen LogP contribution is 2.47. The van der Waals surface area contributed by atoms with E-state index in [0.29, 0.717) is 41.6 Å². The molecule has 6 rings (SSSR count). The molecule has 0 spiro atoms. The maximum absolute atomic E-state index is 14.5. The molecular weight excluding hydrogens is 755 g/mol. The third-order valence-corrected chi connectivity index (χ3v) is 10.4. The van der Waals surface area contributed by atoms with Gasteiger partial charge in [-0.3, -0.25) is 19.2 Å². The molecule has 59 heavy (non-hydrogen) atoms. The summed E-state index contributed by atoms with van der Waals surface area (Å²) in [5.74, 6) is -3.56. The molecule has 2 heterocycles. The van der Waals surface area contributed by atoms with E-state index >= 15 is 0 Å². The van der Waals surface area contributed by atoms with E-state index in [-0.39, 0.29) is 30.7 Å². The van der Waals surface area contributed by atoms with Crippen LogP contribution in [0.25, 0.3) is 6.08 Å². The largest absolute Gasteiger partial charge is 0.460 e. The van der Waals surface area contributed by atoms with Gasteiger partial charge in [-0.15, -0.1) is 0 Å². The smallest absolute Gasteiger partial charge is 0.338 e. The van der Waals surface area contributed by atoms with Crippen molar-refractivity contribution < 1.29 is 48.0 Å². The number of benzene rings is 3. The fourth-order valence-electron chi connectivity index (χ4n) is 7.53. The lowest BCUT2D eigenvalue weighted by atomic mass is 9.91. The molecule has 0 saturated carbocycles. The van der Waals surface area contributed by atoms with Crippen LogP contribution in [0, 0.1) is 0 Å². The lowest BCUT2D eigenvalue weighted by Crippen LogP contribution is -2.51. The van der Waals surface area contributed by atoms with Crippen molar-refractivity contribution >= 4 is 35.7 Å². The average Bonchev–Trinajstić information content (AvgIpc) is 3.88. The summed E-state index contributed by atoms with van der Waals surface area (Å²) in [5, 5.41) is 12.9. The van der Waals surface area contributed by atoms with Crippen molar-refractivity contribution in [3.8, 4) is 0 Å². The van der Waals surface area contributed by atoms with Gasteiger partial charge in [0.1, 0.15) is 30.0 Å². The summed E-state index contributed by atoms with van der Waals surface area (Å²) in [6.07, 6.45) is 3.19. The van der Waals surface area contributed by atoms with Gasteiger partial charge in [0.05, 0.1) is 18.2 Å². The summed E-state index contributed by atoms with van der Waals surface area (Å²) in [4.78, 5) is 69.6. The van der Waals surface area contributed by atoms with Crippen molar-refractivity contribution in [2.24, 2.45) is 0 Å². The average molecular weight is 808 g/mol. The number of fused-ring (bicyclic) bond motifs is 1. The second-order valence-electron chi connectivity index (χ2n) is 16.2. The number of hydrogen-bond donors (Lipinski definition) is 2. The molecule has 3 amide bonds. The van der Waals surface area contributed by atoms with Crippen LogP contribution in [0.3, 0.4) is 0 Å². The summed E-state index contributed by atoms with van der Waals surface area (Å²) >= 11 is 0. The lowest BCUT2D eigenvalue weighted by Gasteiger charge is -2.33. The third kappa shape index (κ3) is 10.3. The molecule has 0 radical (unpaired) electrons. The van der Waals surface area contributed by atoms with Crippen molar-refractivity contribution in [3.63, 3.8) is 0 Å². The zero-order valence-corrected chi connectivity index (χ0v) is 34.2. The molecular formula is C46H53N3O10. The van der Waals surface area contributed by atoms with Crippen LogP contribution in [0.2, 0.25) is 0 Å². The van der Waals surface area contributed by atoms with Crippen LogP contribution in [-0.2, 0) is 43.9 Å². The molecule has 0 bridgehead atoms. The number of hydrogen-bond acceptors (Lipinski definition) is 10. The van der Waals surface area contributed by atoms with E-state index in [1.54, 1.807) is 71.3 Å². The zero-order chi connectivity index (χ0) is 42.3. The maximum Gasteiger partial charge on any atom is 0.338 e. The lowest BCUT2D eigenvalue weighted by molar-refractivity contribution is -0.157. The first-order chi connectivity index (χ1) is 28.2. The minimum absolute atomic E-state index is 0.00170. The molecule has 2 saturated heterocycles. The van der Waals surface area contributed by atoms with E-state index in [9.17, 15) is 29.1 Å². The monoisotopic (exact) mass is 807 g/mol. The Morgan fingerprint density at radius 1 is 0.966 bits per heavy atom. The summed E-state index contributed by atoms with van der Waals surface area (Å²) in [6, 6.07) is 24.0. The summed E-state index contributed by atoms with van der Waals surface area (Å²) in [7, 11) is 3.29. The van der Waals surface area contributed by atoms with Gasteiger partial charge in [-0.2, -0.15) is 0 Å². The highest BCUT2D eigenvalue weighted by Gasteiger charge is 2.55. The van der Waals surface area contributed by atoms with Crippen molar-refractivity contribution in [2.75, 3.05) is 27.2 Å². The number of likely N-dealkylation sites (N-methyl/N-ethyl adjacent to an activating group) is 1. The number of aliphatic hydroxyl groups excluding tert-OH is 1. The molecule has 2 aliphatic heterocycles. The number of esters is 2. The highest BCUT2D eigenvalue weighted by atomic mass is 16.8. The Hall–Kier alpha value is -5.63. The van der Waals surface area contributed by atoms with Crippen LogP contribution in [0.1, 0.15) is 79.9 Å². The van der Waals surface area contributed by atoms with E-state index in [1.807, 2.05) is 60.7 Å². The van der Waals surface area contributed by atoms with Gasteiger partial charge in [-0.1, -0.05) is 72.8 Å². The molecule has 0 aromatic heterocycles. The second-order valence-corrected chi connectivity index (χ2v) is 16.2. The van der Waals surface area contributed by atoms with Gasteiger partial charge in [0.15, 0.2) is 0 Å². The number of carbonyl (C=O) groups is 5. The SMILES string of the molecule is CN(C)C(=O)C=Cc1cccc(C(=O)OC2CC(C(=O)N3CCCC3C(=O)NC(CO)CCC(=O)OC(C)(C)C)=CC3OC(c4ccccc4)(c4ccccc4)OC32)c1. The third-order valence-electron chi connectivity index (χ3n) is 10.4. The topological polar surface area (TPSA) is 161 Å². The number of rotatable bonds is 13. The predicted octanol–water partition coefficient (Wildman–Crippen LogP) is 4.92. The van der Waals surface area contributed by atoms with Crippen LogP contribution in [0.15, 0.2) is 103 Å². The van der Waals surface area contributed by atoms with Crippen LogP contribution in [0.5, 0.6) is 0 Å². The quantitative estimate of drug-likeness (QED) is 0.179. The Balaban J connectivity index is 1.27. The van der Waals surface area contributed by atoms with E-state index in [1.165, 1.54) is 15.9 Å². The standard InChI is InChI=1S/C46H53N3O10/c1-45(2,3)58-40(52)24-22-35(29-50)47-42(53)36-20-13-25-49(36)43(54)32-27-37(56-44(55)31-15-12-14-30(26-31)21-23-39(51)48(4)5)41-38(28-32)57-46(59-41,33-16-8-6-9-17-33)34-18-10-7-11-19-34/h6-12,14-19,21,23,26,28,35-38,41,50H,13,20,22,24-25,27,29H2,1-5H3,(H,47,53). The predicted molar refractivity (Wildman–Crippen MR) is 218 cm³/mol. The molecule has 13 nitrogen and oxygen atoms in total. The van der Waals surface area contributed by atoms with E-state index < -0.39 is 72.1 Å². The van der Waals surface area contributed by atoms with Crippen LogP contribution < -0.4 is 5.32 Å². The Morgan fingerprint density at radius 2 is 1.64 bits per heavy atom. The molecule has 3 aromatic carbocycles. The Bertz CT molecular complexity index is 2020. The fraction of sp³-hybridized carbons (Fsp3) is 0.413. The van der Waals surface area contributed by atoms with E-state index in [2.05, 4.69) is 5.32 Å². The van der Waals surface area contributed by atoms with Crippen molar-refractivity contribution in [1.82, 2.24) is 15.1 Å². The van der Waals surface area contributed by atoms with Crippen molar-refractivity contribution in [2.45, 2.75) is 94.7 Å². The molecule has 5 atom stereocenters. The molecule has 1 aliphatic carbocycles. The minimum atomic E-state index is -1.41. The maximum atomic E-state index is 14.5. The number of amides is 3. The van der Waals surface area contributed by atoms with E-state index in [4.69, 9.17) is 18.9 Å². The van der Waals surface area contributed by atoms with Crippen molar-refractivity contribution in [1.29, 1.82) is 0 Å². The zero-order valence-electron chi connectivity index (χ0n) is 34.2. The molecule has 312 valence electrons. The summed E-state index contributed by atoms with van der Waals surface area (Å²) in [5.41, 5.74) is 1.90. The number of ether oxygens (including phenoxy) is 4. The van der Waals surface area contributed by atoms with Gasteiger partial charge in [0, 0.05) is 56.3 Å². The van der Waals surface area contributed by atoms with Gasteiger partial charge in [-0.05, 0) is 69.9 Å². The van der Waals surface area contributed by atoms with Crippen LogP contribution in [-0.4, -0.2) is 108 Å². The number of nitrogens with zero attached hydrogens (tertiary/aromatic N) is 2. The summed E-state index contributed by atoms with van der Waals surface area (Å²) in [6.45, 7) is 5.20. The number of likely N-dealkylation sites (tertiary alicyclic amines) is 1. The van der Waals surface area contributed by atoms with Crippen LogP contribution in [0.4, 0.5) is 0 Å². The molecule has 3 aliphatic rings. The number of aliphatic hydroxyl groups is 1. The molecule has 13 heteroatoms. The Labute approximate surface area is 344 Å². The molecule has 2 N–H and O–H groups in total. The van der Waals surface area contributed by atoms with E-state index in [0.717, 1.165) is 0 Å². The Kier molecular flexibility index (Phi) is 13.5. The summed E-state index contributed by atoms with van der Waals surface area (Å²) < 4.78 is 25.3. The molecule has 3 aromatic rings. The van der Waals surface area contributed by atoms with Crippen molar-refractivity contribution in [3.05, 3.63) is 125 Å². The number of carbonyl (C=O) groups excluding carboxylic acids is 5. The molecule has 2 fully saturated rings. The van der Waals surface area contributed by atoms with Crippen LogP contribution >= 0.6 is 0 Å². The Morgan fingerprint density at radius 3 is 2.27 bits per heavy atom. The normalized spacial score (nSPS) is 21.6. The van der Waals surface area contributed by atoms with Gasteiger partial charge >= 0.3 is 11.9 Å². The van der Waals surface area contributed by atoms with Gasteiger partial charge < -0.3 is 39.2 Å². The van der Waals surface area contributed by atoms with Gasteiger partial charge in [0.2, 0.25) is 23.5 Å². The van der Waals surface area contributed by atoms with Gasteiger partial charge in [-0.25, -0.2) is 4.79 Å². The van der Waals surface area contributed by atoms with Gasteiger partial charge in [0.25, 0.3) is 0 Å². The first-order valence-electron chi connectivity index (χ1n) is 20.0. The molecule has 5 unspecified atom stereocenters. The fourth-order valence-corrected chi connectivity index (χ4v) is 7.53. The minimum Gasteiger partial charge on any atom is -0.460 e. The second kappa shape index (κ2) is 18.5. The highest BCUT2D eigenvalue weighted by molar-refractivity contribution is 5.98.